The minimum atomic E-state index is -0.500. The van der Waals surface area contributed by atoms with Gasteiger partial charge in [0, 0.05) is 24.7 Å². The van der Waals surface area contributed by atoms with Crippen LogP contribution in [0.3, 0.4) is 0 Å². The summed E-state index contributed by atoms with van der Waals surface area (Å²) < 4.78 is 5.53. The summed E-state index contributed by atoms with van der Waals surface area (Å²) in [5.74, 6) is 0.572. The fourth-order valence-electron chi connectivity index (χ4n) is 1.79. The van der Waals surface area contributed by atoms with E-state index >= 15 is 0 Å². The third-order valence-electron chi connectivity index (χ3n) is 3.08. The first-order chi connectivity index (χ1) is 8.58. The van der Waals surface area contributed by atoms with Crippen molar-refractivity contribution in [2.75, 3.05) is 25.9 Å². The quantitative estimate of drug-likeness (QED) is 0.472. The smallest absolute Gasteiger partial charge is 0.292 e. The Kier molecular flexibility index (Phi) is 3.66. The van der Waals surface area contributed by atoms with Gasteiger partial charge in [0.25, 0.3) is 5.69 Å². The van der Waals surface area contributed by atoms with Crippen LogP contribution in [0.1, 0.15) is 12.8 Å². The van der Waals surface area contributed by atoms with Gasteiger partial charge >= 0.3 is 0 Å². The van der Waals surface area contributed by atoms with Gasteiger partial charge in [-0.25, -0.2) is 0 Å². The van der Waals surface area contributed by atoms with Gasteiger partial charge in [0.2, 0.25) is 0 Å². The Morgan fingerprint density at radius 1 is 1.56 bits per heavy atom. The molecule has 0 spiro atoms. The van der Waals surface area contributed by atoms with E-state index in [-0.39, 0.29) is 11.4 Å². The number of rotatable bonds is 6. The van der Waals surface area contributed by atoms with Crippen LogP contribution in [0.4, 0.5) is 11.4 Å². The Morgan fingerprint density at radius 2 is 2.28 bits per heavy atom. The van der Waals surface area contributed by atoms with Crippen molar-refractivity contribution in [3.63, 3.8) is 0 Å². The van der Waals surface area contributed by atoms with Crippen LogP contribution >= 0.6 is 0 Å². The maximum atomic E-state index is 10.6. The van der Waals surface area contributed by atoms with E-state index in [1.165, 1.54) is 25.0 Å². The number of ether oxygens (including phenoxy) is 1. The number of likely N-dealkylation sites (N-methyl/N-ethyl adjacent to an activating group) is 1. The van der Waals surface area contributed by atoms with E-state index in [1.54, 1.807) is 6.07 Å². The van der Waals surface area contributed by atoms with Crippen LogP contribution in [0, 0.1) is 10.1 Å². The molecule has 0 bridgehead atoms. The number of nitro groups is 1. The number of anilines is 1. The normalized spacial score (nSPS) is 14.8. The van der Waals surface area contributed by atoms with Gasteiger partial charge in [-0.1, -0.05) is 0 Å². The molecule has 1 fully saturated rings. The Bertz CT molecular complexity index is 446. The molecule has 98 valence electrons. The van der Waals surface area contributed by atoms with Gasteiger partial charge in [-0.3, -0.25) is 10.1 Å². The molecule has 6 heteroatoms. The number of hydrogen-bond donors (Lipinski definition) is 1. The highest BCUT2D eigenvalue weighted by Gasteiger charge is 2.25. The Balaban J connectivity index is 1.85. The highest BCUT2D eigenvalue weighted by atomic mass is 16.6. The van der Waals surface area contributed by atoms with Crippen molar-refractivity contribution in [2.45, 2.75) is 18.9 Å². The van der Waals surface area contributed by atoms with Gasteiger partial charge < -0.3 is 15.4 Å². The highest BCUT2D eigenvalue weighted by molar-refractivity contribution is 5.60. The standard InChI is InChI=1S/C12H17N3O3/c1-14(9-2-3-9)6-7-18-10-4-5-12(15(16)17)11(13)8-10/h4-5,8-9H,2-3,6-7,13H2,1H3. The first-order valence-corrected chi connectivity index (χ1v) is 5.95. The van der Waals surface area contributed by atoms with Gasteiger partial charge in [-0.05, 0) is 26.0 Å². The second-order valence-corrected chi connectivity index (χ2v) is 4.54. The molecule has 0 radical (unpaired) electrons. The van der Waals surface area contributed by atoms with Crippen LogP contribution in [-0.2, 0) is 0 Å². The van der Waals surface area contributed by atoms with E-state index in [4.69, 9.17) is 10.5 Å². The topological polar surface area (TPSA) is 81.6 Å². The molecule has 0 aliphatic heterocycles. The first-order valence-electron chi connectivity index (χ1n) is 5.95. The van der Waals surface area contributed by atoms with E-state index in [1.807, 2.05) is 0 Å². The van der Waals surface area contributed by atoms with E-state index in [9.17, 15) is 10.1 Å². The van der Waals surface area contributed by atoms with Crippen molar-refractivity contribution in [2.24, 2.45) is 0 Å². The van der Waals surface area contributed by atoms with Crippen LogP contribution < -0.4 is 10.5 Å². The molecular formula is C12H17N3O3. The van der Waals surface area contributed by atoms with Crippen LogP contribution in [0.15, 0.2) is 18.2 Å². The molecule has 1 aromatic rings. The monoisotopic (exact) mass is 251 g/mol. The minimum Gasteiger partial charge on any atom is -0.492 e. The van der Waals surface area contributed by atoms with Crippen LogP contribution in [0.2, 0.25) is 0 Å². The lowest BCUT2D eigenvalue weighted by molar-refractivity contribution is -0.383. The fraction of sp³-hybridized carbons (Fsp3) is 0.500. The minimum absolute atomic E-state index is 0.0857. The summed E-state index contributed by atoms with van der Waals surface area (Å²) in [6.07, 6.45) is 2.53. The van der Waals surface area contributed by atoms with E-state index < -0.39 is 4.92 Å². The molecule has 0 amide bonds. The third-order valence-corrected chi connectivity index (χ3v) is 3.08. The zero-order valence-corrected chi connectivity index (χ0v) is 10.3. The lowest BCUT2D eigenvalue weighted by atomic mass is 10.2. The average Bonchev–Trinajstić information content (AvgIpc) is 3.12. The number of nitro benzene ring substituents is 1. The molecule has 1 aliphatic rings. The predicted molar refractivity (Wildman–Crippen MR) is 68.7 cm³/mol. The number of nitrogens with zero attached hydrogens (tertiary/aromatic N) is 2. The van der Waals surface area contributed by atoms with E-state index in [0.717, 1.165) is 6.54 Å². The largest absolute Gasteiger partial charge is 0.492 e. The number of nitrogens with two attached hydrogens (primary N) is 1. The number of hydrogen-bond acceptors (Lipinski definition) is 5. The molecular weight excluding hydrogens is 234 g/mol. The van der Waals surface area contributed by atoms with Crippen molar-refractivity contribution < 1.29 is 9.66 Å². The molecule has 1 saturated carbocycles. The summed E-state index contributed by atoms with van der Waals surface area (Å²) in [6.45, 7) is 1.41. The van der Waals surface area contributed by atoms with Gasteiger partial charge in [-0.15, -0.1) is 0 Å². The number of nitrogen functional groups attached to an aromatic ring is 1. The van der Waals surface area contributed by atoms with Crippen molar-refractivity contribution >= 4 is 11.4 Å². The number of benzene rings is 1. The van der Waals surface area contributed by atoms with Gasteiger partial charge in [0.1, 0.15) is 18.0 Å². The third kappa shape index (κ3) is 3.10. The molecule has 6 nitrogen and oxygen atoms in total. The van der Waals surface area contributed by atoms with Crippen molar-refractivity contribution in [1.29, 1.82) is 0 Å². The van der Waals surface area contributed by atoms with Gasteiger partial charge in [-0.2, -0.15) is 0 Å². The molecule has 0 atom stereocenters. The Morgan fingerprint density at radius 3 is 2.83 bits per heavy atom. The highest BCUT2D eigenvalue weighted by Crippen LogP contribution is 2.27. The molecule has 1 aromatic carbocycles. The SMILES string of the molecule is CN(CCOc1ccc([N+](=O)[O-])c(N)c1)C1CC1. The molecule has 0 heterocycles. The fourth-order valence-corrected chi connectivity index (χ4v) is 1.79. The van der Waals surface area contributed by atoms with Crippen molar-refractivity contribution in [1.82, 2.24) is 4.90 Å². The zero-order valence-electron chi connectivity index (χ0n) is 10.3. The summed E-state index contributed by atoms with van der Waals surface area (Å²) >= 11 is 0. The molecule has 0 unspecified atom stereocenters. The van der Waals surface area contributed by atoms with Crippen molar-refractivity contribution in [3.8, 4) is 5.75 Å². The lowest BCUT2D eigenvalue weighted by Crippen LogP contribution is -2.26. The molecule has 18 heavy (non-hydrogen) atoms. The van der Waals surface area contributed by atoms with Gasteiger partial charge in [0.15, 0.2) is 0 Å². The van der Waals surface area contributed by atoms with E-state index in [0.29, 0.717) is 18.4 Å². The molecule has 2 N–H and O–H groups in total. The molecule has 2 rings (SSSR count). The maximum absolute atomic E-state index is 10.6. The summed E-state index contributed by atoms with van der Waals surface area (Å²) in [5, 5.41) is 10.6. The average molecular weight is 251 g/mol. The summed E-state index contributed by atoms with van der Waals surface area (Å²) in [7, 11) is 2.07. The van der Waals surface area contributed by atoms with Crippen molar-refractivity contribution in [3.05, 3.63) is 28.3 Å². The van der Waals surface area contributed by atoms with Crippen LogP contribution in [-0.4, -0.2) is 36.1 Å². The van der Waals surface area contributed by atoms with Crippen LogP contribution in [0.5, 0.6) is 5.75 Å². The maximum Gasteiger partial charge on any atom is 0.292 e. The summed E-state index contributed by atoms with van der Waals surface area (Å²) in [6, 6.07) is 5.14. The Hall–Kier alpha value is -1.82. The summed E-state index contributed by atoms with van der Waals surface area (Å²) in [5.41, 5.74) is 5.63. The second-order valence-electron chi connectivity index (χ2n) is 4.54. The summed E-state index contributed by atoms with van der Waals surface area (Å²) in [4.78, 5) is 12.4. The molecule has 0 saturated heterocycles. The second kappa shape index (κ2) is 5.22. The Labute approximate surface area is 105 Å². The zero-order chi connectivity index (χ0) is 13.1. The predicted octanol–water partition coefficient (Wildman–Crippen LogP) is 1.65. The molecule has 1 aliphatic carbocycles. The van der Waals surface area contributed by atoms with Gasteiger partial charge in [0.05, 0.1) is 4.92 Å². The van der Waals surface area contributed by atoms with Crippen LogP contribution in [0.25, 0.3) is 0 Å². The lowest BCUT2D eigenvalue weighted by Gasteiger charge is -2.15. The first kappa shape index (κ1) is 12.6. The van der Waals surface area contributed by atoms with E-state index in [2.05, 4.69) is 11.9 Å². The molecule has 0 aromatic heterocycles.